The molecule has 19 heavy (non-hydrogen) atoms. The molecule has 2 aromatic rings. The van der Waals surface area contributed by atoms with Gasteiger partial charge in [-0.05, 0) is 17.1 Å². The van der Waals surface area contributed by atoms with Gasteiger partial charge in [0.25, 0.3) is 0 Å². The van der Waals surface area contributed by atoms with Crippen LogP contribution in [0.2, 0.25) is 0 Å². The molecule has 100 valence electrons. The molecule has 0 spiro atoms. The molecule has 2 rings (SSSR count). The zero-order valence-electron chi connectivity index (χ0n) is 10.3. The first kappa shape index (κ1) is 13.3. The molecule has 7 nitrogen and oxygen atoms in total. The van der Waals surface area contributed by atoms with E-state index in [0.717, 1.165) is 5.03 Å². The van der Waals surface area contributed by atoms with Crippen LogP contribution < -0.4 is 5.73 Å². The number of rotatable bonds is 5. The van der Waals surface area contributed by atoms with E-state index in [0.29, 0.717) is 23.8 Å². The first-order chi connectivity index (χ1) is 9.08. The Hall–Kier alpha value is -2.09. The third-order valence-corrected chi connectivity index (χ3v) is 3.47. The number of anilines is 1. The minimum atomic E-state index is -0.424. The average molecular weight is 279 g/mol. The minimum Gasteiger partial charge on any atom is -0.397 e. The summed E-state index contributed by atoms with van der Waals surface area (Å²) in [4.78, 5) is 18.5. The first-order valence-corrected chi connectivity index (χ1v) is 6.57. The van der Waals surface area contributed by atoms with E-state index < -0.39 is 4.92 Å². The van der Waals surface area contributed by atoms with Crippen LogP contribution in [0.1, 0.15) is 5.82 Å². The molecule has 2 N–H and O–H groups in total. The molecule has 0 radical (unpaired) electrons. The molecule has 2 aromatic heterocycles. The topological polar surface area (TPSA) is 99.9 Å². The summed E-state index contributed by atoms with van der Waals surface area (Å²) in [5, 5.41) is 11.7. The van der Waals surface area contributed by atoms with Crippen LogP contribution in [0.5, 0.6) is 0 Å². The normalized spacial score (nSPS) is 10.6. The van der Waals surface area contributed by atoms with Crippen molar-refractivity contribution in [3.05, 3.63) is 40.5 Å². The van der Waals surface area contributed by atoms with Crippen molar-refractivity contribution in [1.29, 1.82) is 0 Å². The fourth-order valence-corrected chi connectivity index (χ4v) is 2.37. The summed E-state index contributed by atoms with van der Waals surface area (Å²) in [7, 11) is 0. The van der Waals surface area contributed by atoms with Gasteiger partial charge in [0.1, 0.15) is 12.7 Å². The van der Waals surface area contributed by atoms with E-state index in [1.807, 2.05) is 6.07 Å². The number of aromatic nitrogens is 3. The highest BCUT2D eigenvalue weighted by atomic mass is 32.2. The van der Waals surface area contributed by atoms with Crippen molar-refractivity contribution in [1.82, 2.24) is 14.5 Å². The highest BCUT2D eigenvalue weighted by Crippen LogP contribution is 2.19. The van der Waals surface area contributed by atoms with Gasteiger partial charge in [-0.15, -0.1) is 11.8 Å². The van der Waals surface area contributed by atoms with Gasteiger partial charge in [0.05, 0.1) is 16.9 Å². The van der Waals surface area contributed by atoms with E-state index in [1.54, 1.807) is 23.8 Å². The Morgan fingerprint density at radius 3 is 2.84 bits per heavy atom. The number of pyridine rings is 1. The highest BCUT2D eigenvalue weighted by Gasteiger charge is 2.16. The van der Waals surface area contributed by atoms with Crippen molar-refractivity contribution in [2.24, 2.45) is 0 Å². The average Bonchev–Trinajstić information content (AvgIpc) is 2.74. The maximum atomic E-state index is 10.8. The number of nitrogens with zero attached hydrogens (tertiary/aromatic N) is 4. The van der Waals surface area contributed by atoms with Gasteiger partial charge >= 0.3 is 5.82 Å². The van der Waals surface area contributed by atoms with Crippen molar-refractivity contribution in [2.75, 3.05) is 11.5 Å². The number of aryl methyl sites for hydroxylation is 1. The molecular weight excluding hydrogens is 266 g/mol. The first-order valence-electron chi connectivity index (χ1n) is 5.59. The smallest absolute Gasteiger partial charge is 0.342 e. The van der Waals surface area contributed by atoms with E-state index in [-0.39, 0.29) is 5.82 Å². The zero-order chi connectivity index (χ0) is 13.8. The third-order valence-electron chi connectivity index (χ3n) is 2.55. The Bertz CT molecular complexity index is 581. The summed E-state index contributed by atoms with van der Waals surface area (Å²) in [6.07, 6.45) is 2.87. The van der Waals surface area contributed by atoms with Crippen LogP contribution in [0.3, 0.4) is 0 Å². The van der Waals surface area contributed by atoms with E-state index in [4.69, 9.17) is 5.73 Å². The Balaban J connectivity index is 1.97. The second kappa shape index (κ2) is 5.70. The van der Waals surface area contributed by atoms with Crippen LogP contribution in [0.25, 0.3) is 0 Å². The van der Waals surface area contributed by atoms with Gasteiger partial charge < -0.3 is 15.8 Å². The van der Waals surface area contributed by atoms with Crippen LogP contribution in [0.4, 0.5) is 11.5 Å². The number of hydrogen-bond donors (Lipinski definition) is 1. The molecule has 0 aliphatic rings. The monoisotopic (exact) mass is 279 g/mol. The molecular formula is C11H13N5O2S. The quantitative estimate of drug-likeness (QED) is 0.509. The van der Waals surface area contributed by atoms with Crippen LogP contribution in [0, 0.1) is 17.0 Å². The van der Waals surface area contributed by atoms with Crippen LogP contribution in [-0.2, 0) is 6.54 Å². The third kappa shape index (κ3) is 3.22. The van der Waals surface area contributed by atoms with Gasteiger partial charge in [0, 0.05) is 12.7 Å². The molecule has 0 aromatic carbocycles. The van der Waals surface area contributed by atoms with Gasteiger partial charge in [-0.3, -0.25) is 0 Å². The Kier molecular flexibility index (Phi) is 4.00. The Morgan fingerprint density at radius 2 is 2.21 bits per heavy atom. The Labute approximate surface area is 114 Å². The van der Waals surface area contributed by atoms with Gasteiger partial charge in [-0.1, -0.05) is 0 Å². The molecule has 0 aliphatic heterocycles. The van der Waals surface area contributed by atoms with Crippen LogP contribution >= 0.6 is 11.8 Å². The fraction of sp³-hybridized carbons (Fsp3) is 0.273. The molecule has 0 unspecified atom stereocenters. The summed E-state index contributed by atoms with van der Waals surface area (Å²) in [5.41, 5.74) is 6.16. The molecule has 2 heterocycles. The highest BCUT2D eigenvalue weighted by molar-refractivity contribution is 7.99. The fourth-order valence-electron chi connectivity index (χ4n) is 1.60. The lowest BCUT2D eigenvalue weighted by Gasteiger charge is -2.03. The molecule has 0 amide bonds. The Morgan fingerprint density at radius 1 is 1.42 bits per heavy atom. The molecule has 0 bridgehead atoms. The summed E-state index contributed by atoms with van der Waals surface area (Å²) >= 11 is 1.52. The van der Waals surface area contributed by atoms with Gasteiger partial charge in [0.15, 0.2) is 5.82 Å². The van der Waals surface area contributed by atoms with Crippen molar-refractivity contribution in [3.8, 4) is 0 Å². The summed E-state index contributed by atoms with van der Waals surface area (Å²) < 4.78 is 1.59. The molecule has 0 aliphatic carbocycles. The van der Waals surface area contributed by atoms with Crippen LogP contribution in [0.15, 0.2) is 29.6 Å². The van der Waals surface area contributed by atoms with Gasteiger partial charge in [-0.25, -0.2) is 14.5 Å². The van der Waals surface area contributed by atoms with Crippen molar-refractivity contribution in [2.45, 2.75) is 18.5 Å². The molecule has 0 saturated heterocycles. The molecule has 0 saturated carbocycles. The molecule has 0 atom stereocenters. The minimum absolute atomic E-state index is 0.0170. The van der Waals surface area contributed by atoms with Gasteiger partial charge in [0.2, 0.25) is 0 Å². The largest absolute Gasteiger partial charge is 0.397 e. The lowest BCUT2D eigenvalue weighted by atomic mass is 10.4. The summed E-state index contributed by atoms with van der Waals surface area (Å²) in [6.45, 7) is 2.26. The number of nitrogens with two attached hydrogens (primary N) is 1. The van der Waals surface area contributed by atoms with Crippen molar-refractivity contribution < 1.29 is 4.92 Å². The molecule has 0 fully saturated rings. The second-order valence-electron chi connectivity index (χ2n) is 3.85. The lowest BCUT2D eigenvalue weighted by molar-refractivity contribution is -0.392. The van der Waals surface area contributed by atoms with Crippen molar-refractivity contribution in [3.63, 3.8) is 0 Å². The standard InChI is InChI=1S/C11H13N5O2S/c1-8-13-7-11(16(17)18)15(8)4-5-19-10-3-2-9(12)6-14-10/h2-3,6-7H,4-5,12H2,1H3. The predicted molar refractivity (Wildman–Crippen MR) is 73.0 cm³/mol. The second-order valence-corrected chi connectivity index (χ2v) is 4.97. The summed E-state index contributed by atoms with van der Waals surface area (Å²) in [6, 6.07) is 3.61. The van der Waals surface area contributed by atoms with E-state index in [1.165, 1.54) is 18.0 Å². The number of hydrogen-bond acceptors (Lipinski definition) is 6. The number of nitrogen functional groups attached to an aromatic ring is 1. The van der Waals surface area contributed by atoms with Gasteiger partial charge in [-0.2, -0.15) is 0 Å². The lowest BCUT2D eigenvalue weighted by Crippen LogP contribution is -2.06. The maximum Gasteiger partial charge on any atom is 0.342 e. The summed E-state index contributed by atoms with van der Waals surface area (Å²) in [5.74, 6) is 1.33. The van der Waals surface area contributed by atoms with Crippen LogP contribution in [-0.4, -0.2) is 25.2 Å². The predicted octanol–water partition coefficient (Wildman–Crippen LogP) is 1.87. The zero-order valence-corrected chi connectivity index (χ0v) is 11.1. The van der Waals surface area contributed by atoms with E-state index in [9.17, 15) is 10.1 Å². The van der Waals surface area contributed by atoms with E-state index in [2.05, 4.69) is 9.97 Å². The molecule has 8 heteroatoms. The maximum absolute atomic E-state index is 10.8. The number of imidazole rings is 1. The SMILES string of the molecule is Cc1ncc([N+](=O)[O-])n1CCSc1ccc(N)cn1. The van der Waals surface area contributed by atoms with Crippen molar-refractivity contribution >= 4 is 23.3 Å². The number of nitro groups is 1. The number of thioether (sulfide) groups is 1. The van der Waals surface area contributed by atoms with E-state index >= 15 is 0 Å².